The molecule has 1 unspecified atom stereocenters. The van der Waals surface area contributed by atoms with Gasteiger partial charge in [-0.05, 0) is 6.42 Å². The number of rotatable bonds is 3. The number of hydrogen-bond acceptors (Lipinski definition) is 4. The van der Waals surface area contributed by atoms with Crippen LogP contribution < -0.4 is 5.73 Å². The van der Waals surface area contributed by atoms with E-state index in [2.05, 4.69) is 38.2 Å². The van der Waals surface area contributed by atoms with Gasteiger partial charge in [0, 0.05) is 29.6 Å². The van der Waals surface area contributed by atoms with Crippen LogP contribution in [0.4, 0.5) is 0 Å². The molecule has 0 aromatic carbocycles. The summed E-state index contributed by atoms with van der Waals surface area (Å²) in [6.45, 7) is 8.59. The van der Waals surface area contributed by atoms with Crippen LogP contribution in [0, 0.1) is 0 Å². The highest BCUT2D eigenvalue weighted by molar-refractivity contribution is 7.09. The van der Waals surface area contributed by atoms with Crippen molar-refractivity contribution in [2.24, 2.45) is 12.8 Å². The van der Waals surface area contributed by atoms with Gasteiger partial charge in [0.1, 0.15) is 5.01 Å². The van der Waals surface area contributed by atoms with Gasteiger partial charge in [0.25, 0.3) is 0 Å². The minimum Gasteiger partial charge on any atom is -0.318 e. The third kappa shape index (κ3) is 2.87. The molecule has 5 heteroatoms. The van der Waals surface area contributed by atoms with E-state index >= 15 is 0 Å². The maximum Gasteiger partial charge on any atom is 0.114 e. The zero-order chi connectivity index (χ0) is 14.2. The van der Waals surface area contributed by atoms with Crippen molar-refractivity contribution in [2.45, 2.75) is 45.6 Å². The van der Waals surface area contributed by atoms with Crippen molar-refractivity contribution in [2.75, 3.05) is 0 Å². The van der Waals surface area contributed by atoms with E-state index in [1.165, 1.54) is 0 Å². The molecule has 0 aliphatic heterocycles. The van der Waals surface area contributed by atoms with Gasteiger partial charge in [0.05, 0.1) is 17.4 Å². The molecule has 0 amide bonds. The first-order valence-electron chi connectivity index (χ1n) is 6.56. The lowest BCUT2D eigenvalue weighted by Gasteiger charge is -2.14. The molecular weight excluding hydrogens is 256 g/mol. The number of aryl methyl sites for hydroxylation is 2. The quantitative estimate of drug-likeness (QED) is 0.939. The Kier molecular flexibility index (Phi) is 3.78. The van der Waals surface area contributed by atoms with Crippen molar-refractivity contribution < 1.29 is 0 Å². The van der Waals surface area contributed by atoms with Gasteiger partial charge >= 0.3 is 0 Å². The second-order valence-corrected chi connectivity index (χ2v) is 6.75. The van der Waals surface area contributed by atoms with Gasteiger partial charge in [-0.2, -0.15) is 5.10 Å². The molecule has 1 atom stereocenters. The Labute approximate surface area is 118 Å². The summed E-state index contributed by atoms with van der Waals surface area (Å²) in [4.78, 5) is 4.70. The largest absolute Gasteiger partial charge is 0.318 e. The van der Waals surface area contributed by atoms with Gasteiger partial charge in [-0.3, -0.25) is 4.68 Å². The summed E-state index contributed by atoms with van der Waals surface area (Å²) in [5.41, 5.74) is 9.67. The summed E-state index contributed by atoms with van der Waals surface area (Å²) < 4.78 is 1.83. The van der Waals surface area contributed by atoms with Crippen LogP contribution in [0.15, 0.2) is 11.6 Å². The van der Waals surface area contributed by atoms with Crippen molar-refractivity contribution >= 4 is 11.3 Å². The van der Waals surface area contributed by atoms with Gasteiger partial charge in [-0.15, -0.1) is 11.3 Å². The summed E-state index contributed by atoms with van der Waals surface area (Å²) in [7, 11) is 1.93. The van der Waals surface area contributed by atoms with Crippen LogP contribution in [-0.4, -0.2) is 14.8 Å². The Morgan fingerprint density at radius 1 is 1.42 bits per heavy atom. The van der Waals surface area contributed by atoms with Crippen LogP contribution in [-0.2, 0) is 18.9 Å². The Balaban J connectivity index is 2.33. The van der Waals surface area contributed by atoms with Crippen LogP contribution in [0.1, 0.15) is 55.7 Å². The Morgan fingerprint density at radius 2 is 2.11 bits per heavy atom. The molecule has 2 aromatic rings. The Bertz CT molecular complexity index is 562. The van der Waals surface area contributed by atoms with E-state index in [0.717, 1.165) is 28.4 Å². The van der Waals surface area contributed by atoms with Crippen LogP contribution in [0.5, 0.6) is 0 Å². The fraction of sp³-hybridized carbons (Fsp3) is 0.571. The van der Waals surface area contributed by atoms with E-state index in [9.17, 15) is 0 Å². The first-order valence-corrected chi connectivity index (χ1v) is 7.44. The average Bonchev–Trinajstić information content (AvgIpc) is 2.93. The van der Waals surface area contributed by atoms with E-state index in [0.29, 0.717) is 0 Å². The van der Waals surface area contributed by atoms with Crippen LogP contribution in [0.2, 0.25) is 0 Å². The fourth-order valence-electron chi connectivity index (χ4n) is 2.00. The predicted molar refractivity (Wildman–Crippen MR) is 79.4 cm³/mol. The molecule has 0 saturated heterocycles. The second kappa shape index (κ2) is 5.06. The molecule has 2 rings (SSSR count). The van der Waals surface area contributed by atoms with Gasteiger partial charge in [0.15, 0.2) is 0 Å². The van der Waals surface area contributed by atoms with Crippen LogP contribution in [0.25, 0.3) is 0 Å². The molecule has 19 heavy (non-hydrogen) atoms. The molecule has 2 heterocycles. The minimum atomic E-state index is -0.176. The first-order chi connectivity index (χ1) is 8.82. The fourth-order valence-corrected chi connectivity index (χ4v) is 3.06. The van der Waals surface area contributed by atoms with Crippen molar-refractivity contribution in [1.82, 2.24) is 14.8 Å². The highest BCUT2D eigenvalue weighted by Crippen LogP contribution is 2.29. The Morgan fingerprint density at radius 3 is 2.63 bits per heavy atom. The molecule has 2 N–H and O–H groups in total. The molecule has 4 nitrogen and oxygen atoms in total. The summed E-state index contributed by atoms with van der Waals surface area (Å²) in [6, 6.07) is -0.176. The highest BCUT2D eigenvalue weighted by Gasteiger charge is 2.22. The average molecular weight is 278 g/mol. The van der Waals surface area contributed by atoms with Crippen molar-refractivity contribution in [3.05, 3.63) is 33.5 Å². The third-order valence-electron chi connectivity index (χ3n) is 3.16. The zero-order valence-corrected chi connectivity index (χ0v) is 13.1. The zero-order valence-electron chi connectivity index (χ0n) is 12.3. The maximum absolute atomic E-state index is 6.36. The second-order valence-electron chi connectivity index (χ2n) is 5.86. The lowest BCUT2D eigenvalue weighted by molar-refractivity contribution is 0.569. The first kappa shape index (κ1) is 14.2. The van der Waals surface area contributed by atoms with Crippen molar-refractivity contribution in [3.8, 4) is 0 Å². The number of nitrogens with zero attached hydrogens (tertiary/aromatic N) is 3. The molecule has 0 fully saturated rings. The molecule has 104 valence electrons. The van der Waals surface area contributed by atoms with Crippen molar-refractivity contribution in [1.29, 1.82) is 0 Å². The van der Waals surface area contributed by atoms with Gasteiger partial charge in [0.2, 0.25) is 0 Å². The smallest absolute Gasteiger partial charge is 0.114 e. The van der Waals surface area contributed by atoms with Crippen molar-refractivity contribution in [3.63, 3.8) is 0 Å². The molecule has 2 aromatic heterocycles. The van der Waals surface area contributed by atoms with Crippen LogP contribution >= 0.6 is 11.3 Å². The minimum absolute atomic E-state index is 0.0665. The van der Waals surface area contributed by atoms with E-state index < -0.39 is 0 Å². The van der Waals surface area contributed by atoms with E-state index in [4.69, 9.17) is 10.7 Å². The standard InChI is InChI=1S/C14H22N4S/c1-6-10-9(7-18(5)17-10)12(15)13-16-11(8-19-13)14(2,3)4/h7-8,12H,6,15H2,1-5H3. The molecule has 0 radical (unpaired) electrons. The molecule has 0 bridgehead atoms. The lowest BCUT2D eigenvalue weighted by atomic mass is 9.93. The van der Waals surface area contributed by atoms with Crippen LogP contribution in [0.3, 0.4) is 0 Å². The molecule has 0 spiro atoms. The third-order valence-corrected chi connectivity index (χ3v) is 4.09. The predicted octanol–water partition coefficient (Wildman–Crippen LogP) is 2.78. The SMILES string of the molecule is CCc1nn(C)cc1C(N)c1nc(C(C)(C)C)cs1. The van der Waals surface area contributed by atoms with Gasteiger partial charge in [-0.1, -0.05) is 27.7 Å². The van der Waals surface area contributed by atoms with E-state index in [1.807, 2.05) is 17.9 Å². The lowest BCUT2D eigenvalue weighted by Crippen LogP contribution is -2.15. The van der Waals surface area contributed by atoms with Gasteiger partial charge in [-0.25, -0.2) is 4.98 Å². The molecule has 0 saturated carbocycles. The monoisotopic (exact) mass is 278 g/mol. The number of nitrogens with two attached hydrogens (primary N) is 1. The summed E-state index contributed by atoms with van der Waals surface area (Å²) in [5.74, 6) is 0. The Hall–Kier alpha value is -1.20. The van der Waals surface area contributed by atoms with E-state index in [1.54, 1.807) is 11.3 Å². The molecule has 0 aliphatic rings. The van der Waals surface area contributed by atoms with Gasteiger partial charge < -0.3 is 5.73 Å². The summed E-state index contributed by atoms with van der Waals surface area (Å²) >= 11 is 1.63. The highest BCUT2D eigenvalue weighted by atomic mass is 32.1. The summed E-state index contributed by atoms with van der Waals surface area (Å²) in [6.07, 6.45) is 2.89. The normalized spacial score (nSPS) is 13.8. The molecule has 0 aliphatic carbocycles. The summed E-state index contributed by atoms with van der Waals surface area (Å²) in [5, 5.41) is 7.52. The number of thiazole rings is 1. The maximum atomic E-state index is 6.36. The number of hydrogen-bond donors (Lipinski definition) is 1. The molecular formula is C14H22N4S. The topological polar surface area (TPSA) is 56.7 Å². The van der Waals surface area contributed by atoms with E-state index in [-0.39, 0.29) is 11.5 Å². The number of aromatic nitrogens is 3.